The predicted octanol–water partition coefficient (Wildman–Crippen LogP) is 2.04. The quantitative estimate of drug-likeness (QED) is 0.245. The van der Waals surface area contributed by atoms with E-state index in [4.69, 9.17) is 10.5 Å². The van der Waals surface area contributed by atoms with Crippen molar-refractivity contribution in [2.75, 3.05) is 0 Å². The van der Waals surface area contributed by atoms with Crippen LogP contribution in [0, 0.1) is 11.8 Å². The van der Waals surface area contributed by atoms with Gasteiger partial charge < -0.3 is 26.4 Å². The first-order valence-corrected chi connectivity index (χ1v) is 13.3. The monoisotopic (exact) mass is 553 g/mol. The minimum Gasteiger partial charge on any atom is -0.445 e. The first kappa shape index (κ1) is 31.9. The average Bonchev–Trinajstić information content (AvgIpc) is 2.93. The van der Waals surface area contributed by atoms with Gasteiger partial charge in [-0.3, -0.25) is 24.2 Å². The Morgan fingerprint density at radius 3 is 2.10 bits per heavy atom. The molecule has 5 N–H and O–H groups in total. The average molecular weight is 554 g/mol. The van der Waals surface area contributed by atoms with Crippen molar-refractivity contribution in [1.82, 2.24) is 20.9 Å². The van der Waals surface area contributed by atoms with Crippen molar-refractivity contribution in [3.8, 4) is 0 Å². The second kappa shape index (κ2) is 16.0. The molecule has 0 saturated carbocycles. The van der Waals surface area contributed by atoms with Crippen LogP contribution >= 0.6 is 0 Å². The maximum atomic E-state index is 13.3. The van der Waals surface area contributed by atoms with E-state index in [-0.39, 0.29) is 25.4 Å². The third kappa shape index (κ3) is 10.5. The number of rotatable bonds is 15. The predicted molar refractivity (Wildman–Crippen MR) is 148 cm³/mol. The first-order valence-electron chi connectivity index (χ1n) is 13.3. The van der Waals surface area contributed by atoms with Gasteiger partial charge in [-0.1, -0.05) is 64.4 Å². The van der Waals surface area contributed by atoms with E-state index < -0.39 is 53.6 Å². The first-order chi connectivity index (χ1) is 19.0. The summed E-state index contributed by atoms with van der Waals surface area (Å²) in [6.45, 7) is 7.33. The van der Waals surface area contributed by atoms with E-state index in [2.05, 4.69) is 20.9 Å². The highest BCUT2D eigenvalue weighted by molar-refractivity contribution is 6.38. The molecule has 0 aliphatic carbocycles. The van der Waals surface area contributed by atoms with Gasteiger partial charge in [0.05, 0.1) is 6.04 Å². The number of nitrogens with zero attached hydrogens (tertiary/aromatic N) is 1. The molecule has 1 heterocycles. The number of primary amides is 1. The Hall–Kier alpha value is -4.28. The van der Waals surface area contributed by atoms with Crippen LogP contribution in [0.15, 0.2) is 54.9 Å². The molecule has 0 aliphatic rings. The second-order valence-corrected chi connectivity index (χ2v) is 10.1. The highest BCUT2D eigenvalue weighted by atomic mass is 16.5. The Kier molecular flexibility index (Phi) is 12.7. The number of alkyl carbamates (subject to hydrolysis) is 1. The molecule has 2 rings (SSSR count). The number of Topliss-reactive ketones (excluding diaryl/α,β-unsaturated/α-hetero) is 1. The summed E-state index contributed by atoms with van der Waals surface area (Å²) in [6.07, 6.45) is 3.11. The third-order valence-corrected chi connectivity index (χ3v) is 6.38. The molecule has 1 aromatic carbocycles. The highest BCUT2D eigenvalue weighted by Crippen LogP contribution is 2.13. The lowest BCUT2D eigenvalue weighted by Gasteiger charge is -2.27. The molecule has 11 heteroatoms. The molecule has 0 radical (unpaired) electrons. The largest absolute Gasteiger partial charge is 0.445 e. The Morgan fingerprint density at radius 1 is 0.875 bits per heavy atom. The second-order valence-electron chi connectivity index (χ2n) is 10.1. The van der Waals surface area contributed by atoms with Crippen LogP contribution in [0.25, 0.3) is 0 Å². The fraction of sp³-hybridized carbons (Fsp3) is 0.448. The van der Waals surface area contributed by atoms with Crippen LogP contribution in [0.5, 0.6) is 0 Å². The summed E-state index contributed by atoms with van der Waals surface area (Å²) in [4.78, 5) is 67.8. The van der Waals surface area contributed by atoms with Crippen molar-refractivity contribution in [2.45, 2.75) is 71.7 Å². The summed E-state index contributed by atoms with van der Waals surface area (Å²) in [5, 5.41) is 7.61. The van der Waals surface area contributed by atoms with Crippen molar-refractivity contribution in [3.63, 3.8) is 0 Å². The van der Waals surface area contributed by atoms with Crippen molar-refractivity contribution in [1.29, 1.82) is 0 Å². The van der Waals surface area contributed by atoms with E-state index >= 15 is 0 Å². The number of pyridine rings is 1. The Labute approximate surface area is 234 Å². The lowest BCUT2D eigenvalue weighted by atomic mass is 9.93. The number of aromatic nitrogens is 1. The molecular formula is C29H39N5O6. The van der Waals surface area contributed by atoms with E-state index in [1.54, 1.807) is 31.2 Å². The van der Waals surface area contributed by atoms with Gasteiger partial charge in [-0.15, -0.1) is 0 Å². The molecule has 4 atom stereocenters. The number of carbonyl (C=O) groups excluding carboxylic acids is 5. The molecule has 0 bridgehead atoms. The molecule has 0 spiro atoms. The number of amides is 4. The van der Waals surface area contributed by atoms with Crippen LogP contribution in [0.2, 0.25) is 0 Å². The molecule has 0 saturated heterocycles. The van der Waals surface area contributed by atoms with Gasteiger partial charge in [-0.25, -0.2) is 4.79 Å². The maximum Gasteiger partial charge on any atom is 0.408 e. The van der Waals surface area contributed by atoms with E-state index in [1.807, 2.05) is 39.0 Å². The van der Waals surface area contributed by atoms with Crippen LogP contribution in [0.4, 0.5) is 4.79 Å². The number of hydrogen-bond acceptors (Lipinski definition) is 7. The summed E-state index contributed by atoms with van der Waals surface area (Å²) in [5.41, 5.74) is 6.95. The lowest BCUT2D eigenvalue weighted by Crippen LogP contribution is -2.57. The number of nitrogens with one attached hydrogen (secondary N) is 3. The molecular weight excluding hydrogens is 514 g/mol. The normalized spacial score (nSPS) is 13.8. The molecule has 0 fully saturated rings. The van der Waals surface area contributed by atoms with E-state index in [0.29, 0.717) is 12.0 Å². The van der Waals surface area contributed by atoms with Gasteiger partial charge in [0, 0.05) is 18.8 Å². The van der Waals surface area contributed by atoms with Gasteiger partial charge in [-0.05, 0) is 41.5 Å². The molecule has 0 aliphatic heterocycles. The summed E-state index contributed by atoms with van der Waals surface area (Å²) < 4.78 is 5.26. The number of ether oxygens (including phenoxy) is 1. The molecule has 4 amide bonds. The van der Waals surface area contributed by atoms with Gasteiger partial charge in [-0.2, -0.15) is 0 Å². The highest BCUT2D eigenvalue weighted by Gasteiger charge is 2.35. The lowest BCUT2D eigenvalue weighted by molar-refractivity contribution is -0.142. The summed E-state index contributed by atoms with van der Waals surface area (Å²) in [7, 11) is 0. The number of benzene rings is 1. The third-order valence-electron chi connectivity index (χ3n) is 6.38. The number of carbonyl (C=O) groups is 5. The number of hydrogen-bond donors (Lipinski definition) is 4. The van der Waals surface area contributed by atoms with Gasteiger partial charge in [0.2, 0.25) is 17.6 Å². The smallest absolute Gasteiger partial charge is 0.408 e. The van der Waals surface area contributed by atoms with Crippen LogP contribution in [0.1, 0.15) is 51.7 Å². The Bertz CT molecular complexity index is 1140. The van der Waals surface area contributed by atoms with Crippen molar-refractivity contribution >= 4 is 29.6 Å². The molecule has 2 aromatic rings. The summed E-state index contributed by atoms with van der Waals surface area (Å²) in [5.74, 6) is -3.79. The van der Waals surface area contributed by atoms with Crippen molar-refractivity contribution in [2.24, 2.45) is 17.6 Å². The van der Waals surface area contributed by atoms with Gasteiger partial charge in [0.15, 0.2) is 0 Å². The molecule has 1 aromatic heterocycles. The molecule has 216 valence electrons. The van der Waals surface area contributed by atoms with Crippen molar-refractivity contribution in [3.05, 3.63) is 66.0 Å². The SMILES string of the molecule is CC[C@H](C)C(NC(=O)[C@H](CC(C)C)NC(=O)OCc1ccccc1)C(=O)C(=O)N[C@@H](Cc1ccncc1)C(N)=O. The number of nitrogens with two attached hydrogens (primary N) is 1. The maximum absolute atomic E-state index is 13.3. The molecule has 1 unspecified atom stereocenters. The number of ketones is 1. The van der Waals surface area contributed by atoms with E-state index in [1.165, 1.54) is 12.4 Å². The van der Waals surface area contributed by atoms with Gasteiger partial charge in [0.1, 0.15) is 18.7 Å². The van der Waals surface area contributed by atoms with Crippen LogP contribution < -0.4 is 21.7 Å². The minimum atomic E-state index is -1.19. The molecule has 11 nitrogen and oxygen atoms in total. The van der Waals surface area contributed by atoms with Gasteiger partial charge >= 0.3 is 6.09 Å². The Balaban J connectivity index is 2.10. The van der Waals surface area contributed by atoms with Crippen molar-refractivity contribution < 1.29 is 28.7 Å². The zero-order valence-corrected chi connectivity index (χ0v) is 23.4. The molecule has 40 heavy (non-hydrogen) atoms. The summed E-state index contributed by atoms with van der Waals surface area (Å²) in [6, 6.07) is 9.09. The zero-order chi connectivity index (χ0) is 29.7. The zero-order valence-electron chi connectivity index (χ0n) is 23.4. The minimum absolute atomic E-state index is 0.0238. The van der Waals surface area contributed by atoms with Gasteiger partial charge in [0.25, 0.3) is 5.91 Å². The van der Waals surface area contributed by atoms with Crippen LogP contribution in [0.3, 0.4) is 0 Å². The Morgan fingerprint density at radius 2 is 1.52 bits per heavy atom. The summed E-state index contributed by atoms with van der Waals surface area (Å²) >= 11 is 0. The van der Waals surface area contributed by atoms with Crippen LogP contribution in [-0.2, 0) is 36.9 Å². The standard InChI is InChI=1S/C29H39N5O6/c1-5-19(4)24(25(35)28(38)32-22(26(30)36)16-20-11-13-31-14-12-20)34-27(37)23(15-18(2)3)33-29(39)40-17-21-9-7-6-8-10-21/h6-14,18-19,22-24H,5,15-17H2,1-4H3,(H2,30,36)(H,32,38)(H,33,39)(H,34,37)/t19-,22-,23-,24?/m0/s1. The van der Waals surface area contributed by atoms with Crippen LogP contribution in [-0.4, -0.2) is 52.7 Å². The topological polar surface area (TPSA) is 170 Å². The fourth-order valence-electron chi connectivity index (χ4n) is 3.91. The van der Waals surface area contributed by atoms with E-state index in [9.17, 15) is 24.0 Å². The fourth-order valence-corrected chi connectivity index (χ4v) is 3.91. The van der Waals surface area contributed by atoms with E-state index in [0.717, 1.165) is 5.56 Å².